The van der Waals surface area contributed by atoms with Crippen molar-refractivity contribution >= 4 is 17.6 Å². The van der Waals surface area contributed by atoms with Crippen LogP contribution < -0.4 is 15.5 Å². The van der Waals surface area contributed by atoms with Gasteiger partial charge in [0.1, 0.15) is 6.04 Å². The predicted molar refractivity (Wildman–Crippen MR) is 98.6 cm³/mol. The van der Waals surface area contributed by atoms with E-state index in [0.29, 0.717) is 25.4 Å². The maximum atomic E-state index is 12.5. The van der Waals surface area contributed by atoms with Gasteiger partial charge in [-0.15, -0.1) is 0 Å². The molecular formula is C19H28N4O2. The van der Waals surface area contributed by atoms with Gasteiger partial charge in [-0.3, -0.25) is 4.79 Å². The Morgan fingerprint density at radius 3 is 2.76 bits per heavy atom. The molecule has 0 aromatic heterocycles. The van der Waals surface area contributed by atoms with E-state index in [0.717, 1.165) is 31.7 Å². The van der Waals surface area contributed by atoms with Gasteiger partial charge >= 0.3 is 6.03 Å². The third-order valence-electron chi connectivity index (χ3n) is 5.04. The largest absolute Gasteiger partial charge is 0.338 e. The highest BCUT2D eigenvalue weighted by molar-refractivity contribution is 6.01. The number of nitrogens with one attached hydrogen (secondary N) is 2. The van der Waals surface area contributed by atoms with Crippen LogP contribution in [0.25, 0.3) is 0 Å². The van der Waals surface area contributed by atoms with Gasteiger partial charge in [0, 0.05) is 25.3 Å². The first kappa shape index (κ1) is 17.7. The van der Waals surface area contributed by atoms with E-state index in [1.807, 2.05) is 30.3 Å². The summed E-state index contributed by atoms with van der Waals surface area (Å²) in [6.07, 6.45) is 2.95. The molecule has 2 aliphatic heterocycles. The van der Waals surface area contributed by atoms with Gasteiger partial charge in [0.2, 0.25) is 5.91 Å². The van der Waals surface area contributed by atoms with Gasteiger partial charge in [0.15, 0.2) is 0 Å². The van der Waals surface area contributed by atoms with E-state index >= 15 is 0 Å². The van der Waals surface area contributed by atoms with Crippen LogP contribution in [0.4, 0.5) is 10.5 Å². The van der Waals surface area contributed by atoms with E-state index in [1.54, 1.807) is 4.90 Å². The number of hydrogen-bond donors (Lipinski definition) is 2. The van der Waals surface area contributed by atoms with E-state index in [9.17, 15) is 9.59 Å². The quantitative estimate of drug-likeness (QED) is 0.827. The summed E-state index contributed by atoms with van der Waals surface area (Å²) in [5.41, 5.74) is 0.888. The fourth-order valence-electron chi connectivity index (χ4n) is 3.72. The van der Waals surface area contributed by atoms with Crippen molar-refractivity contribution < 1.29 is 9.59 Å². The molecule has 0 bridgehead atoms. The van der Waals surface area contributed by atoms with Crippen molar-refractivity contribution in [2.75, 3.05) is 37.6 Å². The van der Waals surface area contributed by atoms with E-state index in [1.165, 1.54) is 6.42 Å². The number of urea groups is 1. The van der Waals surface area contributed by atoms with Crippen LogP contribution in [0, 0.1) is 5.92 Å². The number of anilines is 1. The van der Waals surface area contributed by atoms with Crippen LogP contribution in [-0.4, -0.2) is 55.6 Å². The normalized spacial score (nSPS) is 23.9. The Kier molecular flexibility index (Phi) is 5.91. The molecule has 6 nitrogen and oxygen atoms in total. The maximum Gasteiger partial charge on any atom is 0.315 e. The fourth-order valence-corrected chi connectivity index (χ4v) is 3.72. The highest BCUT2D eigenvalue weighted by Gasteiger charge is 2.33. The molecule has 2 atom stereocenters. The van der Waals surface area contributed by atoms with E-state index < -0.39 is 6.04 Å². The fraction of sp³-hybridized carbons (Fsp3) is 0.579. The van der Waals surface area contributed by atoms with E-state index in [2.05, 4.69) is 22.5 Å². The highest BCUT2D eigenvalue weighted by Crippen LogP contribution is 2.21. The third kappa shape index (κ3) is 4.51. The van der Waals surface area contributed by atoms with Crippen molar-refractivity contribution in [1.82, 2.24) is 15.5 Å². The van der Waals surface area contributed by atoms with Crippen LogP contribution in [-0.2, 0) is 4.79 Å². The zero-order chi connectivity index (χ0) is 17.6. The van der Waals surface area contributed by atoms with Crippen molar-refractivity contribution in [1.29, 1.82) is 0 Å². The number of amides is 3. The lowest BCUT2D eigenvalue weighted by molar-refractivity contribution is -0.118. The molecule has 25 heavy (non-hydrogen) atoms. The molecule has 1 aromatic carbocycles. The minimum Gasteiger partial charge on any atom is -0.338 e. The standard InChI is InChI=1S/C19H28N4O2/c1-2-10-22-11-8-15(14-22)13-20-19(25)21-17-9-12-23(18(17)24)16-6-4-3-5-7-16/h3-7,15,17H,2,8-14H2,1H3,(H2,20,21,25)/t15-,17-/m0/s1. The van der Waals surface area contributed by atoms with Crippen molar-refractivity contribution in [3.05, 3.63) is 30.3 Å². The molecule has 1 aromatic rings. The second kappa shape index (κ2) is 8.34. The Balaban J connectivity index is 1.42. The summed E-state index contributed by atoms with van der Waals surface area (Å²) in [4.78, 5) is 28.8. The lowest BCUT2D eigenvalue weighted by atomic mass is 10.1. The molecule has 0 unspecified atom stereocenters. The molecule has 2 fully saturated rings. The number of nitrogens with zero attached hydrogens (tertiary/aromatic N) is 2. The molecule has 2 saturated heterocycles. The molecular weight excluding hydrogens is 316 g/mol. The molecule has 0 radical (unpaired) electrons. The van der Waals surface area contributed by atoms with Gasteiger partial charge in [-0.25, -0.2) is 4.79 Å². The summed E-state index contributed by atoms with van der Waals surface area (Å²) < 4.78 is 0. The second-order valence-electron chi connectivity index (χ2n) is 6.98. The summed E-state index contributed by atoms with van der Waals surface area (Å²) in [6, 6.07) is 8.93. The monoisotopic (exact) mass is 344 g/mol. The molecule has 0 aliphatic carbocycles. The third-order valence-corrected chi connectivity index (χ3v) is 5.04. The average Bonchev–Trinajstić information content (AvgIpc) is 3.22. The topological polar surface area (TPSA) is 64.7 Å². The molecule has 2 aliphatic rings. The number of likely N-dealkylation sites (tertiary alicyclic amines) is 1. The first-order valence-corrected chi connectivity index (χ1v) is 9.30. The molecule has 3 amide bonds. The SMILES string of the molecule is CCCN1CC[C@@H](CNC(=O)N[C@H]2CCN(c3ccccc3)C2=O)C1. The molecule has 0 spiro atoms. The second-order valence-corrected chi connectivity index (χ2v) is 6.98. The Labute approximate surface area is 149 Å². The molecule has 3 rings (SSSR count). The zero-order valence-corrected chi connectivity index (χ0v) is 14.9. The average molecular weight is 344 g/mol. The molecule has 2 heterocycles. The van der Waals surface area contributed by atoms with Gasteiger partial charge in [-0.2, -0.15) is 0 Å². The number of rotatable bonds is 6. The number of carbonyl (C=O) groups is 2. The first-order valence-electron chi connectivity index (χ1n) is 9.30. The molecule has 2 N–H and O–H groups in total. The van der Waals surface area contributed by atoms with E-state index in [4.69, 9.17) is 0 Å². The van der Waals surface area contributed by atoms with Crippen molar-refractivity contribution in [3.63, 3.8) is 0 Å². The van der Waals surface area contributed by atoms with Crippen molar-refractivity contribution in [2.24, 2.45) is 5.92 Å². The van der Waals surface area contributed by atoms with Gasteiger partial charge < -0.3 is 20.4 Å². The van der Waals surface area contributed by atoms with Crippen LogP contribution in [0.15, 0.2) is 30.3 Å². The smallest absolute Gasteiger partial charge is 0.315 e. The predicted octanol–water partition coefficient (Wildman–Crippen LogP) is 1.82. The molecule has 0 saturated carbocycles. The van der Waals surface area contributed by atoms with Gasteiger partial charge in [-0.1, -0.05) is 25.1 Å². The van der Waals surface area contributed by atoms with Crippen LogP contribution in [0.1, 0.15) is 26.2 Å². The number of benzene rings is 1. The van der Waals surface area contributed by atoms with Gasteiger partial charge in [0.25, 0.3) is 0 Å². The Bertz CT molecular complexity index is 592. The Morgan fingerprint density at radius 2 is 2.00 bits per heavy atom. The summed E-state index contributed by atoms with van der Waals surface area (Å²) in [5, 5.41) is 5.78. The van der Waals surface area contributed by atoms with Crippen LogP contribution >= 0.6 is 0 Å². The van der Waals surface area contributed by atoms with Crippen molar-refractivity contribution in [3.8, 4) is 0 Å². The summed E-state index contributed by atoms with van der Waals surface area (Å²) in [7, 11) is 0. The summed E-state index contributed by atoms with van der Waals surface area (Å²) >= 11 is 0. The van der Waals surface area contributed by atoms with Crippen LogP contribution in [0.5, 0.6) is 0 Å². The minimum absolute atomic E-state index is 0.0312. The van der Waals surface area contributed by atoms with Crippen LogP contribution in [0.3, 0.4) is 0 Å². The molecule has 136 valence electrons. The first-order chi connectivity index (χ1) is 12.2. The molecule has 6 heteroatoms. The lowest BCUT2D eigenvalue weighted by Gasteiger charge is -2.18. The van der Waals surface area contributed by atoms with Gasteiger partial charge in [0.05, 0.1) is 0 Å². The Hall–Kier alpha value is -2.08. The maximum absolute atomic E-state index is 12.5. The number of carbonyl (C=O) groups excluding carboxylic acids is 2. The minimum atomic E-state index is -0.430. The number of hydrogen-bond acceptors (Lipinski definition) is 3. The lowest BCUT2D eigenvalue weighted by Crippen LogP contribution is -2.47. The van der Waals surface area contributed by atoms with Crippen LogP contribution in [0.2, 0.25) is 0 Å². The summed E-state index contributed by atoms with van der Waals surface area (Å²) in [5.74, 6) is 0.480. The highest BCUT2D eigenvalue weighted by atomic mass is 16.2. The van der Waals surface area contributed by atoms with Gasteiger partial charge in [-0.05, 0) is 50.4 Å². The summed E-state index contributed by atoms with van der Waals surface area (Å²) in [6.45, 7) is 6.82. The number of para-hydroxylation sites is 1. The zero-order valence-electron chi connectivity index (χ0n) is 14.9. The Morgan fingerprint density at radius 1 is 1.20 bits per heavy atom. The van der Waals surface area contributed by atoms with E-state index in [-0.39, 0.29) is 11.9 Å². The van der Waals surface area contributed by atoms with Crippen molar-refractivity contribution in [2.45, 2.75) is 32.2 Å².